The molecule has 3 aliphatic rings. The predicted octanol–water partition coefficient (Wildman–Crippen LogP) is 4.76. The summed E-state index contributed by atoms with van der Waals surface area (Å²) in [5.74, 6) is -1.37. The van der Waals surface area contributed by atoms with Crippen LogP contribution in [-0.2, 0) is 14.3 Å². The molecule has 1 aliphatic heterocycles. The van der Waals surface area contributed by atoms with Crippen LogP contribution in [0.25, 0.3) is 0 Å². The van der Waals surface area contributed by atoms with Gasteiger partial charge in [0.25, 0.3) is 5.91 Å². The molecule has 6 atom stereocenters. The fraction of sp³-hybridized carbons (Fsp3) is 0.318. The summed E-state index contributed by atoms with van der Waals surface area (Å²) in [6.45, 7) is 0. The van der Waals surface area contributed by atoms with E-state index < -0.39 is 5.92 Å². The van der Waals surface area contributed by atoms with Crippen molar-refractivity contribution in [1.29, 1.82) is 0 Å². The second-order valence-corrected chi connectivity index (χ2v) is 10.0. The molecule has 160 valence electrons. The lowest BCUT2D eigenvalue weighted by atomic mass is 9.79. The third-order valence-corrected chi connectivity index (χ3v) is 8.17. The van der Waals surface area contributed by atoms with Crippen LogP contribution < -0.4 is 10.6 Å². The number of benzene rings is 2. The molecule has 2 aliphatic carbocycles. The lowest BCUT2D eigenvalue weighted by Gasteiger charge is -2.27. The zero-order valence-electron chi connectivity index (χ0n) is 16.0. The van der Waals surface area contributed by atoms with Gasteiger partial charge in [-0.25, -0.2) is 0 Å². The van der Waals surface area contributed by atoms with E-state index in [0.717, 1.165) is 6.42 Å². The first-order valence-corrected chi connectivity index (χ1v) is 11.5. The van der Waals surface area contributed by atoms with E-state index in [0.29, 0.717) is 27.0 Å². The summed E-state index contributed by atoms with van der Waals surface area (Å²) in [5, 5.41) is 6.44. The Morgan fingerprint density at radius 1 is 1.03 bits per heavy atom. The van der Waals surface area contributed by atoms with Gasteiger partial charge in [0.05, 0.1) is 27.4 Å². The fourth-order valence-electron chi connectivity index (χ4n) is 5.05. The molecule has 5 rings (SSSR count). The quantitative estimate of drug-likeness (QED) is 0.447. The van der Waals surface area contributed by atoms with Crippen LogP contribution in [0.2, 0.25) is 10.0 Å². The summed E-state index contributed by atoms with van der Waals surface area (Å²) in [5.41, 5.74) is 1.42. The summed E-state index contributed by atoms with van der Waals surface area (Å²) in [7, 11) is 0. The number of anilines is 2. The Labute approximate surface area is 196 Å². The number of rotatable bonds is 4. The molecule has 2 N–H and O–H groups in total. The molecule has 2 aromatic rings. The second-order valence-electron chi connectivity index (χ2n) is 8.11. The van der Waals surface area contributed by atoms with E-state index in [4.69, 9.17) is 27.9 Å². The average molecular weight is 524 g/mol. The normalized spacial score (nSPS) is 30.2. The van der Waals surface area contributed by atoms with Crippen LogP contribution in [0.4, 0.5) is 11.4 Å². The van der Waals surface area contributed by atoms with Gasteiger partial charge in [0.15, 0.2) is 0 Å². The van der Waals surface area contributed by atoms with Gasteiger partial charge in [0, 0.05) is 22.2 Å². The minimum Gasteiger partial charge on any atom is -0.461 e. The van der Waals surface area contributed by atoms with Crippen molar-refractivity contribution in [2.45, 2.75) is 17.4 Å². The van der Waals surface area contributed by atoms with Crippen LogP contribution in [0, 0.1) is 23.7 Å². The first kappa shape index (κ1) is 20.8. The molecule has 2 bridgehead atoms. The van der Waals surface area contributed by atoms with Crippen molar-refractivity contribution in [3.05, 3.63) is 58.1 Å². The summed E-state index contributed by atoms with van der Waals surface area (Å²) >= 11 is 15.6. The number of carbonyl (C=O) groups excluding carboxylic acids is 3. The molecule has 6 nitrogen and oxygen atoms in total. The Hall–Kier alpha value is -2.09. The molecular weight excluding hydrogens is 507 g/mol. The lowest BCUT2D eigenvalue weighted by molar-refractivity contribution is -0.145. The molecule has 1 heterocycles. The van der Waals surface area contributed by atoms with Gasteiger partial charge in [-0.1, -0.05) is 39.1 Å². The minimum absolute atomic E-state index is 0.0155. The van der Waals surface area contributed by atoms with Crippen LogP contribution >= 0.6 is 39.1 Å². The SMILES string of the molecule is O=C(Nc1ccc(Cl)cc1Cl)c1ccc(NC(=O)[C@@H]2[C@H]3C[C@H]4[C@H](OC(=O)[C@H]42)[C@H]3Br)cc1. The number of ether oxygens (including phenoxy) is 1. The lowest BCUT2D eigenvalue weighted by Crippen LogP contribution is -2.40. The maximum absolute atomic E-state index is 13.0. The van der Waals surface area contributed by atoms with Crippen LogP contribution in [0.1, 0.15) is 16.8 Å². The summed E-state index contributed by atoms with van der Waals surface area (Å²) in [6.07, 6.45) is 0.708. The third kappa shape index (κ3) is 3.52. The molecule has 1 saturated heterocycles. The maximum atomic E-state index is 13.0. The third-order valence-electron chi connectivity index (χ3n) is 6.42. The largest absolute Gasteiger partial charge is 0.461 e. The monoisotopic (exact) mass is 522 g/mol. The van der Waals surface area contributed by atoms with Gasteiger partial charge >= 0.3 is 5.97 Å². The van der Waals surface area contributed by atoms with Gasteiger partial charge < -0.3 is 15.4 Å². The van der Waals surface area contributed by atoms with Crippen LogP contribution in [-0.4, -0.2) is 28.7 Å². The summed E-state index contributed by atoms with van der Waals surface area (Å²) in [6, 6.07) is 11.4. The van der Waals surface area contributed by atoms with Crippen molar-refractivity contribution in [1.82, 2.24) is 0 Å². The molecule has 0 spiro atoms. The van der Waals surface area contributed by atoms with Gasteiger partial charge in [-0.3, -0.25) is 14.4 Å². The Morgan fingerprint density at radius 3 is 2.48 bits per heavy atom. The molecule has 0 radical (unpaired) electrons. The van der Waals surface area contributed by atoms with E-state index in [2.05, 4.69) is 26.6 Å². The van der Waals surface area contributed by atoms with Crippen molar-refractivity contribution in [3.63, 3.8) is 0 Å². The van der Waals surface area contributed by atoms with E-state index >= 15 is 0 Å². The number of nitrogens with one attached hydrogen (secondary N) is 2. The Morgan fingerprint density at radius 2 is 1.77 bits per heavy atom. The van der Waals surface area contributed by atoms with Crippen LogP contribution in [0.3, 0.4) is 0 Å². The second kappa shape index (κ2) is 7.80. The number of hydrogen-bond acceptors (Lipinski definition) is 4. The van der Waals surface area contributed by atoms with E-state index in [1.54, 1.807) is 42.5 Å². The Balaban J connectivity index is 1.26. The highest BCUT2D eigenvalue weighted by Gasteiger charge is 2.67. The molecule has 2 saturated carbocycles. The molecular formula is C22H17BrCl2N2O4. The molecule has 0 aromatic heterocycles. The highest BCUT2D eigenvalue weighted by molar-refractivity contribution is 9.09. The zero-order chi connectivity index (χ0) is 21.9. The highest BCUT2D eigenvalue weighted by atomic mass is 79.9. The fourth-order valence-corrected chi connectivity index (χ4v) is 6.55. The standard InChI is InChI=1S/C22H17BrCl2N2O4/c23-18-12-8-13-17(22(30)31-19(13)18)16(12)21(29)26-11-4-1-9(2-5-11)20(28)27-15-6-3-10(24)7-14(15)25/h1-7,12-13,16-19H,8H2,(H,26,29)(H,27,28)/t12-,13-,16-,17-,18+,19+/m1/s1. The minimum atomic E-state index is -0.407. The Kier molecular flexibility index (Phi) is 5.23. The maximum Gasteiger partial charge on any atom is 0.310 e. The van der Waals surface area contributed by atoms with Crippen LogP contribution in [0.5, 0.6) is 0 Å². The molecule has 9 heteroatoms. The number of fused-ring (bicyclic) bond motifs is 1. The number of alkyl halides is 1. The van der Waals surface area contributed by atoms with Gasteiger partial charge in [-0.2, -0.15) is 0 Å². The summed E-state index contributed by atoms with van der Waals surface area (Å²) < 4.78 is 5.46. The van der Waals surface area contributed by atoms with E-state index in [1.807, 2.05) is 0 Å². The van der Waals surface area contributed by atoms with Crippen molar-refractivity contribution in [2.24, 2.45) is 23.7 Å². The van der Waals surface area contributed by atoms with Gasteiger partial charge in [0.1, 0.15) is 6.10 Å². The molecule has 2 aromatic carbocycles. The van der Waals surface area contributed by atoms with Crippen LogP contribution in [0.15, 0.2) is 42.5 Å². The molecule has 2 amide bonds. The number of esters is 1. The van der Waals surface area contributed by atoms with Gasteiger partial charge in [-0.15, -0.1) is 0 Å². The van der Waals surface area contributed by atoms with E-state index in [-0.39, 0.29) is 46.5 Å². The number of hydrogen-bond donors (Lipinski definition) is 2. The number of amides is 2. The number of carbonyl (C=O) groups is 3. The van der Waals surface area contributed by atoms with E-state index in [1.165, 1.54) is 0 Å². The average Bonchev–Trinajstić information content (AvgIpc) is 3.35. The molecule has 3 fully saturated rings. The van der Waals surface area contributed by atoms with E-state index in [9.17, 15) is 14.4 Å². The first-order valence-electron chi connectivity index (χ1n) is 9.85. The van der Waals surface area contributed by atoms with Crippen molar-refractivity contribution < 1.29 is 19.1 Å². The van der Waals surface area contributed by atoms with Crippen molar-refractivity contribution >= 4 is 68.3 Å². The zero-order valence-corrected chi connectivity index (χ0v) is 19.1. The number of halogens is 3. The first-order chi connectivity index (χ1) is 14.8. The topological polar surface area (TPSA) is 84.5 Å². The van der Waals surface area contributed by atoms with Crippen molar-refractivity contribution in [2.75, 3.05) is 10.6 Å². The predicted molar refractivity (Wildman–Crippen MR) is 121 cm³/mol. The molecule has 0 unspecified atom stereocenters. The van der Waals surface area contributed by atoms with Crippen molar-refractivity contribution in [3.8, 4) is 0 Å². The smallest absolute Gasteiger partial charge is 0.310 e. The van der Waals surface area contributed by atoms with Gasteiger partial charge in [0.2, 0.25) is 5.91 Å². The highest BCUT2D eigenvalue weighted by Crippen LogP contribution is 2.60. The van der Waals surface area contributed by atoms with Gasteiger partial charge in [-0.05, 0) is 54.8 Å². The Bertz CT molecular complexity index is 1090. The summed E-state index contributed by atoms with van der Waals surface area (Å²) in [4.78, 5) is 37.7. The molecule has 31 heavy (non-hydrogen) atoms.